The Morgan fingerprint density at radius 3 is 2.79 bits per heavy atom. The van der Waals surface area contributed by atoms with E-state index in [2.05, 4.69) is 12.6 Å². The van der Waals surface area contributed by atoms with Gasteiger partial charge < -0.3 is 0 Å². The Morgan fingerprint density at radius 1 is 1.36 bits per heavy atom. The van der Waals surface area contributed by atoms with Crippen LogP contribution >= 0.6 is 12.6 Å². The first-order chi connectivity index (χ1) is 6.77. The van der Waals surface area contributed by atoms with Gasteiger partial charge in [0, 0.05) is 5.56 Å². The minimum absolute atomic E-state index is 0.375. The van der Waals surface area contributed by atoms with Crippen molar-refractivity contribution in [1.29, 1.82) is 0 Å². The normalized spacial score (nSPS) is 10.7. The van der Waals surface area contributed by atoms with Gasteiger partial charge in [-0.3, -0.25) is 4.79 Å². The summed E-state index contributed by atoms with van der Waals surface area (Å²) < 4.78 is 12.7. The third kappa shape index (κ3) is 3.00. The van der Waals surface area contributed by atoms with Crippen LogP contribution in [0.5, 0.6) is 0 Å². The van der Waals surface area contributed by atoms with E-state index in [0.29, 0.717) is 11.8 Å². The van der Waals surface area contributed by atoms with Gasteiger partial charge in [0.05, 0.1) is 0 Å². The molecule has 14 heavy (non-hydrogen) atoms. The summed E-state index contributed by atoms with van der Waals surface area (Å²) in [5.41, 5.74) is 1.11. The average molecular weight is 210 g/mol. The van der Waals surface area contributed by atoms with E-state index >= 15 is 0 Å². The summed E-state index contributed by atoms with van der Waals surface area (Å²) in [7, 11) is 0. The van der Waals surface area contributed by atoms with Gasteiger partial charge in [0.25, 0.3) is 0 Å². The molecule has 0 N–H and O–H groups in total. The van der Waals surface area contributed by atoms with Crippen LogP contribution < -0.4 is 0 Å². The van der Waals surface area contributed by atoms with E-state index in [0.717, 1.165) is 17.7 Å². The van der Waals surface area contributed by atoms with Crippen molar-refractivity contribution in [2.45, 2.75) is 6.42 Å². The lowest BCUT2D eigenvalue weighted by Gasteiger charge is -1.98. The number of hydrogen-bond acceptors (Lipinski definition) is 2. The molecule has 0 atom stereocenters. The Bertz CT molecular complexity index is 347. The SMILES string of the molecule is O=Cc1cc(F)ccc1C=CCCS. The number of benzene rings is 1. The Kier molecular flexibility index (Phi) is 4.40. The highest BCUT2D eigenvalue weighted by molar-refractivity contribution is 7.80. The van der Waals surface area contributed by atoms with Gasteiger partial charge in [0.2, 0.25) is 0 Å². The quantitative estimate of drug-likeness (QED) is 0.597. The molecule has 0 aromatic heterocycles. The van der Waals surface area contributed by atoms with Gasteiger partial charge in [-0.2, -0.15) is 12.6 Å². The summed E-state index contributed by atoms with van der Waals surface area (Å²) in [6, 6.07) is 4.16. The number of allylic oxidation sites excluding steroid dienone is 1. The number of halogens is 1. The molecule has 0 amide bonds. The van der Waals surface area contributed by atoms with Gasteiger partial charge >= 0.3 is 0 Å². The second kappa shape index (κ2) is 5.60. The van der Waals surface area contributed by atoms with Crippen molar-refractivity contribution in [1.82, 2.24) is 0 Å². The van der Waals surface area contributed by atoms with E-state index in [9.17, 15) is 9.18 Å². The zero-order chi connectivity index (χ0) is 10.4. The van der Waals surface area contributed by atoms with Gasteiger partial charge in [-0.05, 0) is 29.9 Å². The number of carbonyl (C=O) groups is 1. The minimum atomic E-state index is -0.390. The zero-order valence-electron chi connectivity index (χ0n) is 7.61. The Labute approximate surface area is 88.0 Å². The lowest BCUT2D eigenvalue weighted by Crippen LogP contribution is -1.87. The smallest absolute Gasteiger partial charge is 0.150 e. The molecule has 0 aliphatic heterocycles. The van der Waals surface area contributed by atoms with E-state index in [4.69, 9.17) is 0 Å². The van der Waals surface area contributed by atoms with Crippen LogP contribution in [0.2, 0.25) is 0 Å². The summed E-state index contributed by atoms with van der Waals surface area (Å²) in [6.45, 7) is 0. The lowest BCUT2D eigenvalue weighted by molar-refractivity contribution is 0.112. The zero-order valence-corrected chi connectivity index (χ0v) is 8.51. The topological polar surface area (TPSA) is 17.1 Å². The summed E-state index contributed by atoms with van der Waals surface area (Å²) in [5, 5.41) is 0. The molecular formula is C11H11FOS. The average Bonchev–Trinajstić information content (AvgIpc) is 2.20. The monoisotopic (exact) mass is 210 g/mol. The second-order valence-corrected chi connectivity index (χ2v) is 3.25. The predicted octanol–water partition coefficient (Wildman–Crippen LogP) is 2.97. The molecule has 0 unspecified atom stereocenters. The molecular weight excluding hydrogens is 199 g/mol. The molecule has 1 aromatic rings. The summed E-state index contributed by atoms with van der Waals surface area (Å²) >= 11 is 4.05. The maximum absolute atomic E-state index is 12.7. The summed E-state index contributed by atoms with van der Waals surface area (Å²) in [6.07, 6.45) is 5.20. The molecule has 0 aliphatic rings. The van der Waals surface area contributed by atoms with Crippen LogP contribution in [-0.2, 0) is 0 Å². The number of thiol groups is 1. The molecule has 1 nitrogen and oxygen atoms in total. The molecule has 1 aromatic carbocycles. The molecule has 0 saturated heterocycles. The van der Waals surface area contributed by atoms with Gasteiger partial charge in [-0.15, -0.1) is 0 Å². The van der Waals surface area contributed by atoms with E-state index in [-0.39, 0.29) is 0 Å². The summed E-state index contributed by atoms with van der Waals surface area (Å²) in [4.78, 5) is 10.6. The van der Waals surface area contributed by atoms with Crippen LogP contribution in [0.3, 0.4) is 0 Å². The molecule has 0 saturated carbocycles. The number of carbonyl (C=O) groups excluding carboxylic acids is 1. The van der Waals surface area contributed by atoms with E-state index < -0.39 is 5.82 Å². The van der Waals surface area contributed by atoms with Crippen LogP contribution in [0.25, 0.3) is 6.08 Å². The summed E-state index contributed by atoms with van der Waals surface area (Å²) in [5.74, 6) is 0.368. The van der Waals surface area contributed by atoms with E-state index in [1.165, 1.54) is 12.1 Å². The van der Waals surface area contributed by atoms with Crippen molar-refractivity contribution >= 4 is 25.0 Å². The van der Waals surface area contributed by atoms with Crippen molar-refractivity contribution in [3.63, 3.8) is 0 Å². The standard InChI is InChI=1S/C11H11FOS/c12-11-5-4-9(3-1-2-6-14)10(7-11)8-13/h1,3-5,7-8,14H,2,6H2. The van der Waals surface area contributed by atoms with Gasteiger partial charge in [-0.1, -0.05) is 18.2 Å². The molecule has 0 fully saturated rings. The van der Waals surface area contributed by atoms with Crippen LogP contribution in [0.15, 0.2) is 24.3 Å². The third-order valence-electron chi connectivity index (χ3n) is 1.77. The van der Waals surface area contributed by atoms with E-state index in [1.54, 1.807) is 12.1 Å². The molecule has 0 heterocycles. The van der Waals surface area contributed by atoms with Gasteiger partial charge in [0.15, 0.2) is 6.29 Å². The molecule has 0 radical (unpaired) electrons. The van der Waals surface area contributed by atoms with Gasteiger partial charge in [0.1, 0.15) is 5.82 Å². The molecule has 0 aliphatic carbocycles. The Hall–Kier alpha value is -1.09. The highest BCUT2D eigenvalue weighted by Crippen LogP contribution is 2.11. The first kappa shape index (κ1) is 11.0. The molecule has 0 spiro atoms. The van der Waals surface area contributed by atoms with Crippen molar-refractivity contribution in [3.8, 4) is 0 Å². The second-order valence-electron chi connectivity index (χ2n) is 2.81. The fraction of sp³-hybridized carbons (Fsp3) is 0.182. The largest absolute Gasteiger partial charge is 0.298 e. The number of hydrogen-bond donors (Lipinski definition) is 1. The van der Waals surface area contributed by atoms with Crippen LogP contribution in [0, 0.1) is 5.82 Å². The maximum atomic E-state index is 12.7. The number of aldehydes is 1. The molecule has 0 bridgehead atoms. The fourth-order valence-corrected chi connectivity index (χ4v) is 1.23. The predicted molar refractivity (Wildman–Crippen MR) is 59.3 cm³/mol. The maximum Gasteiger partial charge on any atom is 0.150 e. The Morgan fingerprint density at radius 2 is 2.14 bits per heavy atom. The Balaban J connectivity index is 2.90. The highest BCUT2D eigenvalue weighted by atomic mass is 32.1. The molecule has 1 rings (SSSR count). The van der Waals surface area contributed by atoms with Crippen molar-refractivity contribution in [2.75, 3.05) is 5.75 Å². The lowest BCUT2D eigenvalue weighted by atomic mass is 10.1. The van der Waals surface area contributed by atoms with E-state index in [1.807, 2.05) is 6.08 Å². The van der Waals surface area contributed by atoms with Crippen molar-refractivity contribution < 1.29 is 9.18 Å². The highest BCUT2D eigenvalue weighted by Gasteiger charge is 1.99. The molecule has 3 heteroatoms. The first-order valence-corrected chi connectivity index (χ1v) is 4.93. The van der Waals surface area contributed by atoms with Crippen LogP contribution in [0.1, 0.15) is 22.3 Å². The molecule has 74 valence electrons. The van der Waals surface area contributed by atoms with Gasteiger partial charge in [-0.25, -0.2) is 4.39 Å². The number of rotatable bonds is 4. The van der Waals surface area contributed by atoms with Crippen LogP contribution in [0.4, 0.5) is 4.39 Å². The third-order valence-corrected chi connectivity index (χ3v) is 2.03. The fourth-order valence-electron chi connectivity index (χ4n) is 1.08. The van der Waals surface area contributed by atoms with Crippen LogP contribution in [-0.4, -0.2) is 12.0 Å². The van der Waals surface area contributed by atoms with Crippen molar-refractivity contribution in [3.05, 3.63) is 41.2 Å². The minimum Gasteiger partial charge on any atom is -0.298 e. The first-order valence-electron chi connectivity index (χ1n) is 4.30. The van der Waals surface area contributed by atoms with Crippen molar-refractivity contribution in [2.24, 2.45) is 0 Å².